The number of nitrogens with one attached hydrogen (secondary N) is 1. The quantitative estimate of drug-likeness (QED) is 0.737. The molecule has 0 bridgehead atoms. The summed E-state index contributed by atoms with van der Waals surface area (Å²) in [4.78, 5) is 0. The average Bonchev–Trinajstić information content (AvgIpc) is 2.81. The van der Waals surface area contributed by atoms with E-state index in [2.05, 4.69) is 47.3 Å². The highest BCUT2D eigenvalue weighted by atomic mass is 16.3. The van der Waals surface area contributed by atoms with Gasteiger partial charge in [-0.1, -0.05) is 25.1 Å². The molecule has 0 aliphatic carbocycles. The van der Waals surface area contributed by atoms with Crippen molar-refractivity contribution < 1.29 is 5.11 Å². The summed E-state index contributed by atoms with van der Waals surface area (Å²) in [5.41, 5.74) is 2.64. The zero-order chi connectivity index (χ0) is 12.8. The van der Waals surface area contributed by atoms with Crippen molar-refractivity contribution in [2.45, 2.75) is 32.9 Å². The van der Waals surface area contributed by atoms with Gasteiger partial charge in [0, 0.05) is 25.9 Å². The van der Waals surface area contributed by atoms with Gasteiger partial charge in [-0.05, 0) is 36.4 Å². The number of aryl methyl sites for hydroxylation is 1. The smallest absolute Gasteiger partial charge is 0.0525 e. The number of aliphatic hydroxyl groups excluding tert-OH is 1. The second-order valence-electron chi connectivity index (χ2n) is 4.62. The largest absolute Gasteiger partial charge is 0.396 e. The Morgan fingerprint density at radius 2 is 2.17 bits per heavy atom. The third-order valence-corrected chi connectivity index (χ3v) is 3.17. The van der Waals surface area contributed by atoms with E-state index in [1.165, 1.54) is 16.5 Å². The maximum absolute atomic E-state index is 8.95. The molecule has 2 rings (SSSR count). The molecule has 0 radical (unpaired) electrons. The van der Waals surface area contributed by atoms with Gasteiger partial charge < -0.3 is 15.0 Å². The first-order valence-electron chi connectivity index (χ1n) is 6.75. The maximum Gasteiger partial charge on any atom is 0.0525 e. The Balaban J connectivity index is 2.24. The lowest BCUT2D eigenvalue weighted by Crippen LogP contribution is -2.14. The summed E-state index contributed by atoms with van der Waals surface area (Å²) in [5.74, 6) is 0. The molecular formula is C15H22N2O. The van der Waals surface area contributed by atoms with E-state index in [0.717, 1.165) is 32.5 Å². The normalized spacial score (nSPS) is 11.2. The predicted molar refractivity (Wildman–Crippen MR) is 75.6 cm³/mol. The van der Waals surface area contributed by atoms with Crippen molar-refractivity contribution >= 4 is 10.9 Å². The lowest BCUT2D eigenvalue weighted by Gasteiger charge is -2.10. The number of benzene rings is 1. The highest BCUT2D eigenvalue weighted by Crippen LogP contribution is 2.20. The highest BCUT2D eigenvalue weighted by Gasteiger charge is 2.05. The summed E-state index contributed by atoms with van der Waals surface area (Å²) < 4.78 is 2.24. The van der Waals surface area contributed by atoms with Crippen molar-refractivity contribution in [2.24, 2.45) is 0 Å². The van der Waals surface area contributed by atoms with Crippen molar-refractivity contribution in [2.75, 3.05) is 13.2 Å². The number of fused-ring (bicyclic) bond motifs is 1. The first-order valence-corrected chi connectivity index (χ1v) is 6.75. The minimum Gasteiger partial charge on any atom is -0.396 e. The fraction of sp³-hybridized carbons (Fsp3) is 0.467. The third-order valence-electron chi connectivity index (χ3n) is 3.17. The Morgan fingerprint density at radius 1 is 1.28 bits per heavy atom. The van der Waals surface area contributed by atoms with Crippen molar-refractivity contribution in [1.82, 2.24) is 9.88 Å². The minimum absolute atomic E-state index is 0.246. The van der Waals surface area contributed by atoms with Gasteiger partial charge in [-0.15, -0.1) is 0 Å². The molecule has 2 aromatic rings. The minimum atomic E-state index is 0.246. The number of rotatable bonds is 7. The zero-order valence-electron chi connectivity index (χ0n) is 11.0. The summed E-state index contributed by atoms with van der Waals surface area (Å²) in [7, 11) is 0. The van der Waals surface area contributed by atoms with Crippen LogP contribution in [0.3, 0.4) is 0 Å². The molecule has 0 atom stereocenters. The van der Waals surface area contributed by atoms with Gasteiger partial charge in [0.25, 0.3) is 0 Å². The van der Waals surface area contributed by atoms with Gasteiger partial charge in [-0.25, -0.2) is 0 Å². The van der Waals surface area contributed by atoms with Crippen molar-refractivity contribution in [3.8, 4) is 0 Å². The number of aromatic nitrogens is 1. The summed E-state index contributed by atoms with van der Waals surface area (Å²) >= 11 is 0. The van der Waals surface area contributed by atoms with Crippen molar-refractivity contribution in [3.63, 3.8) is 0 Å². The third kappa shape index (κ3) is 2.92. The number of hydrogen-bond donors (Lipinski definition) is 2. The van der Waals surface area contributed by atoms with E-state index in [0.29, 0.717) is 0 Å². The Morgan fingerprint density at radius 3 is 2.94 bits per heavy atom. The summed E-state index contributed by atoms with van der Waals surface area (Å²) in [5, 5.41) is 13.7. The van der Waals surface area contributed by atoms with Crippen LogP contribution >= 0.6 is 0 Å². The second-order valence-corrected chi connectivity index (χ2v) is 4.62. The molecule has 0 fully saturated rings. The molecule has 0 saturated heterocycles. The fourth-order valence-electron chi connectivity index (χ4n) is 2.31. The van der Waals surface area contributed by atoms with Crippen LogP contribution in [0.4, 0.5) is 0 Å². The van der Waals surface area contributed by atoms with Gasteiger partial charge in [0.2, 0.25) is 0 Å². The number of para-hydroxylation sites is 1. The van der Waals surface area contributed by atoms with E-state index < -0.39 is 0 Å². The van der Waals surface area contributed by atoms with E-state index in [1.807, 2.05) is 0 Å². The lowest BCUT2D eigenvalue weighted by atomic mass is 10.1. The lowest BCUT2D eigenvalue weighted by molar-refractivity contribution is 0.280. The molecule has 0 saturated carbocycles. The molecule has 1 aromatic heterocycles. The van der Waals surface area contributed by atoms with Crippen LogP contribution in [0.2, 0.25) is 0 Å². The highest BCUT2D eigenvalue weighted by molar-refractivity contribution is 5.83. The number of hydrogen-bond acceptors (Lipinski definition) is 2. The topological polar surface area (TPSA) is 37.2 Å². The van der Waals surface area contributed by atoms with E-state index in [4.69, 9.17) is 5.11 Å². The maximum atomic E-state index is 8.95. The van der Waals surface area contributed by atoms with E-state index in [9.17, 15) is 0 Å². The average molecular weight is 246 g/mol. The van der Waals surface area contributed by atoms with Crippen LogP contribution in [-0.4, -0.2) is 22.8 Å². The predicted octanol–water partition coefficient (Wildman–Crippen LogP) is 2.52. The summed E-state index contributed by atoms with van der Waals surface area (Å²) in [6, 6.07) is 8.59. The summed E-state index contributed by atoms with van der Waals surface area (Å²) in [6.07, 6.45) is 4.08. The first kappa shape index (κ1) is 13.1. The SMILES string of the molecule is CCCNCc1cccc2ccn(CCCO)c12. The van der Waals surface area contributed by atoms with Gasteiger partial charge in [0.1, 0.15) is 0 Å². The monoisotopic (exact) mass is 246 g/mol. The van der Waals surface area contributed by atoms with Crippen LogP contribution in [0.1, 0.15) is 25.3 Å². The zero-order valence-corrected chi connectivity index (χ0v) is 11.0. The molecule has 0 aliphatic rings. The van der Waals surface area contributed by atoms with Crippen LogP contribution in [0.25, 0.3) is 10.9 Å². The Bertz CT molecular complexity index is 490. The number of aliphatic hydroxyl groups is 1. The van der Waals surface area contributed by atoms with Crippen LogP contribution < -0.4 is 5.32 Å². The van der Waals surface area contributed by atoms with E-state index in [1.54, 1.807) is 0 Å². The molecule has 1 aromatic carbocycles. The van der Waals surface area contributed by atoms with Crippen LogP contribution in [-0.2, 0) is 13.1 Å². The Labute approximate surface area is 108 Å². The Kier molecular flexibility index (Phi) is 4.79. The fourth-order valence-corrected chi connectivity index (χ4v) is 2.31. The molecular weight excluding hydrogens is 224 g/mol. The van der Waals surface area contributed by atoms with Crippen LogP contribution in [0.15, 0.2) is 30.5 Å². The van der Waals surface area contributed by atoms with Gasteiger partial charge in [-0.3, -0.25) is 0 Å². The molecule has 0 spiro atoms. The molecule has 0 amide bonds. The second kappa shape index (κ2) is 6.57. The summed E-state index contributed by atoms with van der Waals surface area (Å²) in [6.45, 7) is 5.26. The molecule has 3 nitrogen and oxygen atoms in total. The first-order chi connectivity index (χ1) is 8.86. The van der Waals surface area contributed by atoms with Gasteiger partial charge in [-0.2, -0.15) is 0 Å². The molecule has 2 N–H and O–H groups in total. The standard InChI is InChI=1S/C15H22N2O/c1-2-8-16-12-14-6-3-5-13-7-10-17(15(13)14)9-4-11-18/h3,5-7,10,16,18H,2,4,8-9,11-12H2,1H3. The molecule has 0 unspecified atom stereocenters. The molecule has 98 valence electrons. The van der Waals surface area contributed by atoms with E-state index >= 15 is 0 Å². The van der Waals surface area contributed by atoms with Gasteiger partial charge in [0.15, 0.2) is 0 Å². The molecule has 3 heteroatoms. The van der Waals surface area contributed by atoms with E-state index in [-0.39, 0.29) is 6.61 Å². The van der Waals surface area contributed by atoms with Gasteiger partial charge in [0.05, 0.1) is 5.52 Å². The van der Waals surface area contributed by atoms with Crippen LogP contribution in [0, 0.1) is 0 Å². The van der Waals surface area contributed by atoms with Gasteiger partial charge >= 0.3 is 0 Å². The van der Waals surface area contributed by atoms with Crippen LogP contribution in [0.5, 0.6) is 0 Å². The molecule has 18 heavy (non-hydrogen) atoms. The van der Waals surface area contributed by atoms with Crippen molar-refractivity contribution in [1.29, 1.82) is 0 Å². The molecule has 0 aliphatic heterocycles. The van der Waals surface area contributed by atoms with Crippen molar-refractivity contribution in [3.05, 3.63) is 36.0 Å². The number of nitrogens with zero attached hydrogens (tertiary/aromatic N) is 1. The molecule has 1 heterocycles. The Hall–Kier alpha value is -1.32.